The highest BCUT2D eigenvalue weighted by Gasteiger charge is 2.40. The second-order valence-electron chi connectivity index (χ2n) is 11.5. The Morgan fingerprint density at radius 1 is 0.885 bits per heavy atom. The number of thioether (sulfide) groups is 1. The molecule has 0 aliphatic carbocycles. The first kappa shape index (κ1) is 43.0. The van der Waals surface area contributed by atoms with E-state index in [9.17, 15) is 33.9 Å². The van der Waals surface area contributed by atoms with E-state index in [2.05, 4.69) is 72.2 Å². The van der Waals surface area contributed by atoms with Gasteiger partial charge in [-0.15, -0.1) is 11.8 Å². The Bertz CT molecular complexity index is 1560. The predicted molar refractivity (Wildman–Crippen MR) is 203 cm³/mol. The fourth-order valence-corrected chi connectivity index (χ4v) is 5.90. The summed E-state index contributed by atoms with van der Waals surface area (Å²) in [5.74, 6) is -4.96. The minimum atomic E-state index is -1.40. The second-order valence-corrected chi connectivity index (χ2v) is 12.8. The van der Waals surface area contributed by atoms with E-state index in [0.717, 1.165) is 67.3 Å². The summed E-state index contributed by atoms with van der Waals surface area (Å²) < 4.78 is 4.81. The molecule has 4 amide bonds. The summed E-state index contributed by atoms with van der Waals surface area (Å²) in [5, 5.41) is 22.9. The number of likely N-dealkylation sites (tertiary alicyclic amines) is 1. The minimum absolute atomic E-state index is 0.0342. The molecule has 280 valence electrons. The average molecular weight is 736 g/mol. The van der Waals surface area contributed by atoms with Crippen molar-refractivity contribution in [2.45, 2.75) is 76.0 Å². The van der Waals surface area contributed by atoms with E-state index >= 15 is 0 Å². The van der Waals surface area contributed by atoms with Crippen molar-refractivity contribution in [2.75, 3.05) is 24.7 Å². The first-order valence-electron chi connectivity index (χ1n) is 17.2. The number of esters is 1. The smallest absolute Gasteiger partial charge is 0.339 e. The maximum atomic E-state index is 12.9. The number of imide groups is 1. The molecule has 1 fully saturated rings. The summed E-state index contributed by atoms with van der Waals surface area (Å²) in [7, 11) is 1.18. The maximum Gasteiger partial charge on any atom is 0.339 e. The third-order valence-electron chi connectivity index (χ3n) is 7.43. The van der Waals surface area contributed by atoms with Crippen LogP contribution in [0.5, 0.6) is 5.75 Å². The third-order valence-corrected chi connectivity index (χ3v) is 8.73. The van der Waals surface area contributed by atoms with Crippen molar-refractivity contribution in [2.24, 2.45) is 0 Å². The number of benzene rings is 1. The van der Waals surface area contributed by atoms with E-state index in [0.29, 0.717) is 6.42 Å². The molecule has 2 unspecified atom stereocenters. The molecule has 0 spiro atoms. The molecule has 2 atom stereocenters. The van der Waals surface area contributed by atoms with Gasteiger partial charge in [-0.25, -0.2) is 9.59 Å². The van der Waals surface area contributed by atoms with E-state index in [1.165, 1.54) is 13.2 Å². The number of aromatic carboxylic acids is 1. The fraction of sp³-hybridized carbons (Fsp3) is 0.385. The Labute approximate surface area is 309 Å². The zero-order chi connectivity index (χ0) is 38.1. The van der Waals surface area contributed by atoms with Gasteiger partial charge in [0.2, 0.25) is 23.6 Å². The van der Waals surface area contributed by atoms with Gasteiger partial charge in [0.05, 0.1) is 12.4 Å². The largest absolute Gasteiger partial charge is 0.507 e. The SMILES string of the molecule is CC/C=C\C/C=C\C/C=C\C/C=C\C/C=C\C/C=C\CCC(=O)NC(CSC1CC(=O)N(CC(=O)Nc2ccc(O)c(C(=O)O)c2)C1=O)C(=O)OC. The van der Waals surface area contributed by atoms with Crippen LogP contribution in [-0.4, -0.2) is 81.4 Å². The quantitative estimate of drug-likeness (QED) is 0.0449. The molecular weight excluding hydrogens is 687 g/mol. The van der Waals surface area contributed by atoms with Crippen molar-refractivity contribution < 1.29 is 43.7 Å². The lowest BCUT2D eigenvalue weighted by molar-refractivity contribution is -0.144. The summed E-state index contributed by atoms with van der Waals surface area (Å²) >= 11 is 0.997. The van der Waals surface area contributed by atoms with Crippen LogP contribution in [0.1, 0.15) is 75.1 Å². The number of carbonyl (C=O) groups is 6. The number of carboxylic acid groups (broad SMARTS) is 1. The summed E-state index contributed by atoms with van der Waals surface area (Å²) in [5.41, 5.74) is -0.369. The van der Waals surface area contributed by atoms with Crippen molar-refractivity contribution in [1.29, 1.82) is 0 Å². The second kappa shape index (κ2) is 24.9. The van der Waals surface area contributed by atoms with E-state index in [4.69, 9.17) is 9.84 Å². The summed E-state index contributed by atoms with van der Waals surface area (Å²) in [4.78, 5) is 74.9. The van der Waals surface area contributed by atoms with Gasteiger partial charge in [0.15, 0.2) is 0 Å². The lowest BCUT2D eigenvalue weighted by atomic mass is 10.2. The molecule has 12 nitrogen and oxygen atoms in total. The Morgan fingerprint density at radius 2 is 1.44 bits per heavy atom. The van der Waals surface area contributed by atoms with Crippen LogP contribution < -0.4 is 10.6 Å². The fourth-order valence-electron chi connectivity index (χ4n) is 4.72. The van der Waals surface area contributed by atoms with Crippen LogP contribution in [0, 0.1) is 0 Å². The van der Waals surface area contributed by atoms with Gasteiger partial charge in [0.1, 0.15) is 23.9 Å². The van der Waals surface area contributed by atoms with Gasteiger partial charge >= 0.3 is 11.9 Å². The van der Waals surface area contributed by atoms with Crippen LogP contribution >= 0.6 is 11.8 Å². The Balaban J connectivity index is 1.70. The molecule has 1 aromatic rings. The van der Waals surface area contributed by atoms with Crippen molar-refractivity contribution in [3.63, 3.8) is 0 Å². The molecule has 0 radical (unpaired) electrons. The molecule has 2 rings (SSSR count). The minimum Gasteiger partial charge on any atom is -0.507 e. The number of amides is 4. The van der Waals surface area contributed by atoms with Gasteiger partial charge in [-0.1, -0.05) is 79.8 Å². The molecule has 1 aliphatic rings. The summed E-state index contributed by atoms with van der Waals surface area (Å²) in [6.07, 6.45) is 31.1. The van der Waals surface area contributed by atoms with Gasteiger partial charge in [-0.05, 0) is 63.1 Å². The molecule has 52 heavy (non-hydrogen) atoms. The molecule has 0 aromatic heterocycles. The van der Waals surface area contributed by atoms with Crippen LogP contribution in [0.15, 0.2) is 91.1 Å². The van der Waals surface area contributed by atoms with Crippen molar-refractivity contribution in [3.8, 4) is 5.75 Å². The normalized spacial score (nSPS) is 15.7. The molecule has 1 aliphatic heterocycles. The highest BCUT2D eigenvalue weighted by atomic mass is 32.2. The van der Waals surface area contributed by atoms with Crippen LogP contribution in [0.2, 0.25) is 0 Å². The van der Waals surface area contributed by atoms with E-state index in [1.807, 2.05) is 18.2 Å². The average Bonchev–Trinajstić information content (AvgIpc) is 3.38. The van der Waals surface area contributed by atoms with Crippen LogP contribution in [-0.2, 0) is 28.7 Å². The summed E-state index contributed by atoms with van der Waals surface area (Å²) in [6.45, 7) is 1.52. The lowest BCUT2D eigenvalue weighted by Crippen LogP contribution is -2.44. The van der Waals surface area contributed by atoms with Crippen molar-refractivity contribution >= 4 is 53.0 Å². The third kappa shape index (κ3) is 16.7. The Kier molecular flexibility index (Phi) is 20.6. The first-order valence-corrected chi connectivity index (χ1v) is 18.2. The van der Waals surface area contributed by atoms with Gasteiger partial charge in [-0.2, -0.15) is 0 Å². The van der Waals surface area contributed by atoms with Crippen LogP contribution in [0.25, 0.3) is 0 Å². The standard InChI is InChI=1S/C39H49N3O9S/c1-3-4-5-6-7-8-9-10-11-12-13-14-15-16-17-18-19-20-21-22-34(44)41-31(39(50)51-2)28-52-33-26-36(46)42(37(33)47)27-35(45)40-29-23-24-32(43)30(25-29)38(48)49/h4-5,7-8,10-11,13-14,16-17,19-20,23-25,31,33,43H,3,6,9,12,15,18,21-22,26-28H2,1-2H3,(H,40,45)(H,41,44)(H,48,49)/b5-4-,8-7-,11-10-,14-13-,17-16-,20-19-. The van der Waals surface area contributed by atoms with Gasteiger partial charge in [0.25, 0.3) is 0 Å². The van der Waals surface area contributed by atoms with Gasteiger partial charge in [0, 0.05) is 24.3 Å². The lowest BCUT2D eigenvalue weighted by Gasteiger charge is -2.18. The monoisotopic (exact) mass is 735 g/mol. The number of carbonyl (C=O) groups excluding carboxylic acids is 5. The Hall–Kier alpha value is -5.17. The van der Waals surface area contributed by atoms with Gasteiger partial charge < -0.3 is 25.6 Å². The van der Waals surface area contributed by atoms with E-state index < -0.39 is 58.8 Å². The number of phenols is 1. The number of allylic oxidation sites excluding steroid dienone is 12. The predicted octanol–water partition coefficient (Wildman–Crippen LogP) is 6.03. The maximum absolute atomic E-state index is 12.9. The van der Waals surface area contributed by atoms with Gasteiger partial charge in [-0.3, -0.25) is 24.1 Å². The summed E-state index contributed by atoms with van der Waals surface area (Å²) in [6, 6.07) is 2.37. The van der Waals surface area contributed by atoms with Crippen LogP contribution in [0.4, 0.5) is 5.69 Å². The van der Waals surface area contributed by atoms with Crippen LogP contribution in [0.3, 0.4) is 0 Å². The zero-order valence-corrected chi connectivity index (χ0v) is 30.5. The number of anilines is 1. The number of carboxylic acids is 1. The van der Waals surface area contributed by atoms with Crippen molar-refractivity contribution in [1.82, 2.24) is 10.2 Å². The number of methoxy groups -OCH3 is 1. The molecule has 0 saturated carbocycles. The van der Waals surface area contributed by atoms with E-state index in [1.54, 1.807) is 0 Å². The zero-order valence-electron chi connectivity index (χ0n) is 29.7. The molecule has 4 N–H and O–H groups in total. The number of aromatic hydroxyl groups is 1. The molecule has 0 bridgehead atoms. The number of ether oxygens (including phenoxy) is 1. The Morgan fingerprint density at radius 3 is 1.98 bits per heavy atom. The first-order chi connectivity index (χ1) is 25.1. The topological polar surface area (TPSA) is 179 Å². The number of hydrogen-bond donors (Lipinski definition) is 4. The van der Waals surface area contributed by atoms with E-state index in [-0.39, 0.29) is 30.2 Å². The number of nitrogens with zero attached hydrogens (tertiary/aromatic N) is 1. The molecular formula is C39H49N3O9S. The number of hydrogen-bond acceptors (Lipinski definition) is 9. The molecule has 1 heterocycles. The number of rotatable bonds is 23. The number of nitrogens with one attached hydrogen (secondary N) is 2. The highest BCUT2D eigenvalue weighted by molar-refractivity contribution is 8.00. The molecule has 13 heteroatoms. The van der Waals surface area contributed by atoms with Crippen molar-refractivity contribution in [3.05, 3.63) is 96.7 Å². The molecule has 1 saturated heterocycles. The highest BCUT2D eigenvalue weighted by Crippen LogP contribution is 2.26. The molecule has 1 aromatic carbocycles.